The molecule has 0 spiro atoms. The molecule has 9 aromatic carbocycles. The first-order valence-corrected chi connectivity index (χ1v) is 21.5. The van der Waals surface area contributed by atoms with Crippen LogP contribution in [0.15, 0.2) is 224 Å². The summed E-state index contributed by atoms with van der Waals surface area (Å²) in [6, 6.07) is 80.4. The smallest absolute Gasteiger partial charge is 0.240 e. The second-order valence-corrected chi connectivity index (χ2v) is 16.3. The number of hydrogen-bond donors (Lipinski definition) is 0. The second-order valence-electron chi connectivity index (χ2n) is 16.3. The monoisotopic (exact) mass is 803 g/mol. The minimum Gasteiger partial charge on any atom is -0.278 e. The van der Waals surface area contributed by atoms with Crippen LogP contribution in [-0.2, 0) is 5.41 Å². The van der Waals surface area contributed by atoms with Gasteiger partial charge in [-0.25, -0.2) is 0 Å². The first-order valence-electron chi connectivity index (χ1n) is 21.5. The van der Waals surface area contributed by atoms with Gasteiger partial charge in [-0.2, -0.15) is 15.0 Å². The zero-order chi connectivity index (χ0) is 41.5. The maximum Gasteiger partial charge on any atom is 0.240 e. The molecule has 1 aliphatic rings. The highest BCUT2D eigenvalue weighted by molar-refractivity contribution is 6.10. The normalized spacial score (nSPS) is 12.9. The lowest BCUT2D eigenvalue weighted by atomic mass is 9.67. The molecule has 5 nitrogen and oxygen atoms in total. The fraction of sp³-hybridized carbons (Fsp3) is 0.0172. The van der Waals surface area contributed by atoms with E-state index in [9.17, 15) is 0 Å². The van der Waals surface area contributed by atoms with E-state index in [1.807, 2.05) is 0 Å². The first-order chi connectivity index (χ1) is 31.3. The van der Waals surface area contributed by atoms with Crippen LogP contribution in [0.4, 0.5) is 0 Å². The highest BCUT2D eigenvalue weighted by Gasteiger charge is 2.46. The lowest BCUT2D eigenvalue weighted by Crippen LogP contribution is -2.28. The maximum absolute atomic E-state index is 5.45. The van der Waals surface area contributed by atoms with E-state index in [1.54, 1.807) is 0 Å². The van der Waals surface area contributed by atoms with Crippen LogP contribution in [0, 0.1) is 0 Å². The van der Waals surface area contributed by atoms with Crippen LogP contribution < -0.4 is 0 Å². The molecule has 1 aliphatic carbocycles. The molecular weight excluding hydrogens is 767 g/mol. The van der Waals surface area contributed by atoms with E-state index < -0.39 is 5.41 Å². The summed E-state index contributed by atoms with van der Waals surface area (Å²) in [6.45, 7) is 0. The Morgan fingerprint density at radius 3 is 1.21 bits per heavy atom. The molecule has 13 rings (SSSR count). The molecule has 0 amide bonds. The van der Waals surface area contributed by atoms with E-state index in [1.165, 1.54) is 33.4 Å². The Morgan fingerprint density at radius 1 is 0.302 bits per heavy atom. The van der Waals surface area contributed by atoms with Crippen molar-refractivity contribution in [3.63, 3.8) is 0 Å². The molecule has 0 bridgehead atoms. The Bertz CT molecular complexity index is 3480. The van der Waals surface area contributed by atoms with Crippen LogP contribution in [0.2, 0.25) is 0 Å². The van der Waals surface area contributed by atoms with E-state index in [0.29, 0.717) is 17.7 Å². The zero-order valence-corrected chi connectivity index (χ0v) is 34.1. The van der Waals surface area contributed by atoms with Gasteiger partial charge in [0.15, 0.2) is 5.82 Å². The number of aromatic nitrogens is 5. The fourth-order valence-electron chi connectivity index (χ4n) is 10.5. The topological polar surface area (TPSA) is 48.5 Å². The van der Waals surface area contributed by atoms with Crippen LogP contribution in [0.5, 0.6) is 0 Å². The number of nitrogens with zero attached hydrogens (tertiary/aromatic N) is 5. The van der Waals surface area contributed by atoms with Gasteiger partial charge in [0.2, 0.25) is 11.9 Å². The minimum absolute atomic E-state index is 0.528. The number of benzene rings is 9. The zero-order valence-electron chi connectivity index (χ0n) is 34.1. The molecule has 0 saturated carbocycles. The van der Waals surface area contributed by atoms with Crippen molar-refractivity contribution in [1.82, 2.24) is 24.1 Å². The summed E-state index contributed by atoms with van der Waals surface area (Å²) in [5, 5.41) is 4.59. The largest absolute Gasteiger partial charge is 0.278 e. The predicted octanol–water partition coefficient (Wildman–Crippen LogP) is 13.8. The van der Waals surface area contributed by atoms with Gasteiger partial charge in [-0.05, 0) is 74.8 Å². The van der Waals surface area contributed by atoms with Gasteiger partial charge in [0, 0.05) is 27.1 Å². The average molecular weight is 804 g/mol. The quantitative estimate of drug-likeness (QED) is 0.168. The lowest BCUT2D eigenvalue weighted by Gasteiger charge is -2.34. The molecule has 0 fully saturated rings. The Kier molecular flexibility index (Phi) is 7.75. The molecule has 0 atom stereocenters. The van der Waals surface area contributed by atoms with Gasteiger partial charge in [0.1, 0.15) is 0 Å². The van der Waals surface area contributed by atoms with Gasteiger partial charge >= 0.3 is 0 Å². The van der Waals surface area contributed by atoms with Crippen molar-refractivity contribution in [1.29, 1.82) is 0 Å². The van der Waals surface area contributed by atoms with E-state index in [-0.39, 0.29) is 0 Å². The molecular formula is C58H37N5. The Hall–Kier alpha value is -8.41. The van der Waals surface area contributed by atoms with Gasteiger partial charge < -0.3 is 0 Å². The molecule has 0 aliphatic heterocycles. The third-order valence-electron chi connectivity index (χ3n) is 13.1. The average Bonchev–Trinajstić information content (AvgIpc) is 3.99. The molecule has 0 saturated heterocycles. The van der Waals surface area contributed by atoms with Gasteiger partial charge in [-0.3, -0.25) is 9.13 Å². The van der Waals surface area contributed by atoms with Crippen molar-refractivity contribution in [2.24, 2.45) is 0 Å². The first kappa shape index (κ1) is 35.4. The Morgan fingerprint density at radius 2 is 0.698 bits per heavy atom. The molecule has 294 valence electrons. The summed E-state index contributed by atoms with van der Waals surface area (Å²) in [4.78, 5) is 16.3. The second kappa shape index (κ2) is 13.8. The van der Waals surface area contributed by atoms with Crippen LogP contribution in [0.1, 0.15) is 22.3 Å². The summed E-state index contributed by atoms with van der Waals surface area (Å²) in [7, 11) is 0. The molecule has 0 unspecified atom stereocenters. The highest BCUT2D eigenvalue weighted by atomic mass is 15.3. The molecule has 5 heteroatoms. The Balaban J connectivity index is 1.07. The van der Waals surface area contributed by atoms with Gasteiger partial charge in [-0.1, -0.05) is 194 Å². The van der Waals surface area contributed by atoms with Crippen molar-refractivity contribution in [3.05, 3.63) is 247 Å². The van der Waals surface area contributed by atoms with E-state index in [2.05, 4.69) is 234 Å². The minimum atomic E-state index is -0.528. The summed E-state index contributed by atoms with van der Waals surface area (Å²) in [5.74, 6) is 1.70. The van der Waals surface area contributed by atoms with Crippen LogP contribution in [0.3, 0.4) is 0 Å². The van der Waals surface area contributed by atoms with Crippen molar-refractivity contribution in [2.75, 3.05) is 0 Å². The molecule has 63 heavy (non-hydrogen) atoms. The van der Waals surface area contributed by atoms with E-state index >= 15 is 0 Å². The number of rotatable bonds is 6. The van der Waals surface area contributed by atoms with Gasteiger partial charge in [-0.15, -0.1) is 0 Å². The third-order valence-corrected chi connectivity index (χ3v) is 13.1. The predicted molar refractivity (Wildman–Crippen MR) is 257 cm³/mol. The summed E-state index contributed by atoms with van der Waals surface area (Å²) >= 11 is 0. The standard InChI is InChI=1S/C58H37N5/c1-2-20-39(21-3-1)58(49-31-12-6-24-42(49)43-25-7-13-32-50(43)58)40-22-18-19-38(37-40)41-23-4-5-30-48(41)55-59-56(62-51-33-14-8-26-44(51)45-27-9-15-34-52(45)62)61-57(60-55)63-53-35-16-10-28-46(53)47-29-11-17-36-54(47)63/h1-37H. The molecule has 0 radical (unpaired) electrons. The number of fused-ring (bicyclic) bond motifs is 9. The molecule has 3 aromatic heterocycles. The fourth-order valence-corrected chi connectivity index (χ4v) is 10.5. The van der Waals surface area contributed by atoms with E-state index in [4.69, 9.17) is 15.0 Å². The summed E-state index contributed by atoms with van der Waals surface area (Å²) < 4.78 is 4.38. The van der Waals surface area contributed by atoms with Gasteiger partial charge in [0.05, 0.1) is 27.5 Å². The van der Waals surface area contributed by atoms with Crippen molar-refractivity contribution in [2.45, 2.75) is 5.41 Å². The summed E-state index contributed by atoms with van der Waals surface area (Å²) in [5.41, 5.74) is 14.2. The number of hydrogen-bond acceptors (Lipinski definition) is 3. The number of para-hydroxylation sites is 4. The lowest BCUT2D eigenvalue weighted by molar-refractivity contribution is 0.769. The molecule has 12 aromatic rings. The molecule has 0 N–H and O–H groups in total. The molecule has 3 heterocycles. The summed E-state index contributed by atoms with van der Waals surface area (Å²) in [6.07, 6.45) is 0. The highest BCUT2D eigenvalue weighted by Crippen LogP contribution is 2.56. The van der Waals surface area contributed by atoms with Crippen molar-refractivity contribution in [3.8, 4) is 45.5 Å². The van der Waals surface area contributed by atoms with Gasteiger partial charge in [0.25, 0.3) is 0 Å². The van der Waals surface area contributed by atoms with E-state index in [0.717, 1.165) is 60.3 Å². The van der Waals surface area contributed by atoms with Crippen LogP contribution in [-0.4, -0.2) is 24.1 Å². The van der Waals surface area contributed by atoms with Crippen molar-refractivity contribution >= 4 is 43.6 Å². The third kappa shape index (κ3) is 5.14. The SMILES string of the molecule is c1ccc(C2(c3cccc(-c4ccccc4-c4nc(-n5c6ccccc6c6ccccc65)nc(-n5c6ccccc6c6ccccc65)n4)c3)c3ccccc3-c3ccccc32)cc1. The van der Waals surface area contributed by atoms with Crippen molar-refractivity contribution < 1.29 is 0 Å². The Labute approximate surface area is 363 Å². The maximum atomic E-state index is 5.45. The van der Waals surface area contributed by atoms with Crippen LogP contribution in [0.25, 0.3) is 89.2 Å². The van der Waals surface area contributed by atoms with Crippen LogP contribution >= 0.6 is 0 Å².